The number of benzene rings is 1. The number of hydrogen-bond donors (Lipinski definition) is 2. The predicted molar refractivity (Wildman–Crippen MR) is 95.3 cm³/mol. The van der Waals surface area contributed by atoms with E-state index in [9.17, 15) is 23.1 Å². The molecular formula is C18H24N2O5S. The van der Waals surface area contributed by atoms with E-state index >= 15 is 0 Å². The molecule has 0 aromatic heterocycles. The number of nitrogens with zero attached hydrogens (tertiary/aromatic N) is 1. The van der Waals surface area contributed by atoms with E-state index in [4.69, 9.17) is 0 Å². The molecule has 1 aliphatic carbocycles. The monoisotopic (exact) mass is 380 g/mol. The van der Waals surface area contributed by atoms with Crippen LogP contribution in [-0.2, 0) is 14.8 Å². The Morgan fingerprint density at radius 1 is 1.31 bits per heavy atom. The third kappa shape index (κ3) is 3.61. The topological polar surface area (TPSA) is 104 Å². The zero-order valence-electron chi connectivity index (χ0n) is 14.8. The molecule has 0 bridgehead atoms. The van der Waals surface area contributed by atoms with Crippen molar-refractivity contribution in [1.29, 1.82) is 0 Å². The number of amides is 1. The van der Waals surface area contributed by atoms with Gasteiger partial charge >= 0.3 is 5.97 Å². The van der Waals surface area contributed by atoms with Crippen LogP contribution in [0, 0.1) is 5.41 Å². The molecule has 0 spiro atoms. The Bertz CT molecular complexity index is 817. The number of sulfonamides is 1. The van der Waals surface area contributed by atoms with Crippen LogP contribution in [-0.4, -0.2) is 48.8 Å². The number of carbonyl (C=O) groups excluding carboxylic acids is 1. The van der Waals surface area contributed by atoms with Crippen LogP contribution in [0.15, 0.2) is 29.2 Å². The van der Waals surface area contributed by atoms with Gasteiger partial charge in [0.15, 0.2) is 0 Å². The first-order chi connectivity index (χ1) is 12.3. The van der Waals surface area contributed by atoms with Gasteiger partial charge < -0.3 is 10.4 Å². The van der Waals surface area contributed by atoms with E-state index in [1.165, 1.54) is 22.5 Å². The summed E-state index contributed by atoms with van der Waals surface area (Å²) in [6.45, 7) is 2.44. The average Bonchev–Trinajstić information content (AvgIpc) is 3.41. The fourth-order valence-corrected chi connectivity index (χ4v) is 5.08. The Hall–Kier alpha value is -1.93. The number of piperidine rings is 1. The van der Waals surface area contributed by atoms with Crippen molar-refractivity contribution in [3.05, 3.63) is 29.8 Å². The van der Waals surface area contributed by atoms with Gasteiger partial charge in [-0.25, -0.2) is 8.42 Å². The second kappa shape index (κ2) is 7.00. The summed E-state index contributed by atoms with van der Waals surface area (Å²) in [5.41, 5.74) is -0.639. The van der Waals surface area contributed by atoms with Crippen LogP contribution < -0.4 is 5.32 Å². The second-order valence-corrected chi connectivity index (χ2v) is 9.15. The fraction of sp³-hybridized carbons (Fsp3) is 0.556. The van der Waals surface area contributed by atoms with Gasteiger partial charge in [-0.2, -0.15) is 4.31 Å². The SMILES string of the molecule is CC1CCCCN1S(=O)(=O)c1cccc(C(=O)NCC2(C(=O)O)CC2)c1. The molecule has 3 rings (SSSR count). The summed E-state index contributed by atoms with van der Waals surface area (Å²) in [6.07, 6.45) is 3.77. The summed E-state index contributed by atoms with van der Waals surface area (Å²) in [5.74, 6) is -1.37. The maximum atomic E-state index is 12.9. The van der Waals surface area contributed by atoms with Gasteiger partial charge in [0.1, 0.15) is 0 Å². The molecule has 1 aliphatic heterocycles. The van der Waals surface area contributed by atoms with Crippen LogP contribution in [0.5, 0.6) is 0 Å². The Labute approximate surface area is 153 Å². The standard InChI is InChI=1S/C18H24N2O5S/c1-13-5-2-3-10-20(13)26(24,25)15-7-4-6-14(11-15)16(21)19-12-18(8-9-18)17(22)23/h4,6-7,11,13H,2-3,5,8-10,12H2,1H3,(H,19,21)(H,22,23). The Morgan fingerprint density at radius 3 is 2.65 bits per heavy atom. The first-order valence-corrected chi connectivity index (χ1v) is 10.3. The van der Waals surface area contributed by atoms with Crippen LogP contribution >= 0.6 is 0 Å². The molecule has 1 atom stereocenters. The number of carboxylic acid groups (broad SMARTS) is 1. The number of hydrogen-bond acceptors (Lipinski definition) is 4. The molecule has 7 nitrogen and oxygen atoms in total. The highest BCUT2D eigenvalue weighted by atomic mass is 32.2. The summed E-state index contributed by atoms with van der Waals surface area (Å²) in [5, 5.41) is 11.8. The van der Waals surface area contributed by atoms with Crippen LogP contribution in [0.3, 0.4) is 0 Å². The first-order valence-electron chi connectivity index (χ1n) is 8.90. The molecule has 1 aromatic rings. The van der Waals surface area contributed by atoms with E-state index in [0.717, 1.165) is 19.3 Å². The average molecular weight is 380 g/mol. The second-order valence-electron chi connectivity index (χ2n) is 7.26. The normalized spacial score (nSPS) is 22.6. The molecule has 1 heterocycles. The number of carboxylic acids is 1. The smallest absolute Gasteiger partial charge is 0.311 e. The minimum Gasteiger partial charge on any atom is -0.481 e. The van der Waals surface area contributed by atoms with E-state index < -0.39 is 27.3 Å². The van der Waals surface area contributed by atoms with E-state index in [2.05, 4.69) is 5.32 Å². The molecular weight excluding hydrogens is 356 g/mol. The van der Waals surface area contributed by atoms with E-state index in [-0.39, 0.29) is 23.0 Å². The number of rotatable bonds is 6. The molecule has 2 N–H and O–H groups in total. The highest BCUT2D eigenvalue weighted by molar-refractivity contribution is 7.89. The lowest BCUT2D eigenvalue weighted by Gasteiger charge is -2.32. The molecule has 142 valence electrons. The summed E-state index contributed by atoms with van der Waals surface area (Å²) < 4.78 is 27.3. The van der Waals surface area contributed by atoms with Crippen molar-refractivity contribution in [3.63, 3.8) is 0 Å². The summed E-state index contributed by atoms with van der Waals surface area (Å²) >= 11 is 0. The Kier molecular flexibility index (Phi) is 5.07. The van der Waals surface area contributed by atoms with Crippen LogP contribution in [0.25, 0.3) is 0 Å². The molecule has 1 saturated carbocycles. The van der Waals surface area contributed by atoms with Crippen LogP contribution in [0.4, 0.5) is 0 Å². The predicted octanol–water partition coefficient (Wildman–Crippen LogP) is 1.84. The molecule has 1 aromatic carbocycles. The van der Waals surface area contributed by atoms with Crippen molar-refractivity contribution in [2.45, 2.75) is 50.0 Å². The van der Waals surface area contributed by atoms with Crippen molar-refractivity contribution in [2.75, 3.05) is 13.1 Å². The minimum absolute atomic E-state index is 0.0568. The van der Waals surface area contributed by atoms with Gasteiger partial charge in [0, 0.05) is 24.7 Å². The highest BCUT2D eigenvalue weighted by Gasteiger charge is 2.50. The van der Waals surface area contributed by atoms with Crippen molar-refractivity contribution in [2.24, 2.45) is 5.41 Å². The lowest BCUT2D eigenvalue weighted by molar-refractivity contribution is -0.143. The first kappa shape index (κ1) is 18.8. The minimum atomic E-state index is -3.65. The molecule has 0 radical (unpaired) electrons. The maximum Gasteiger partial charge on any atom is 0.311 e. The van der Waals surface area contributed by atoms with Crippen molar-refractivity contribution in [1.82, 2.24) is 9.62 Å². The van der Waals surface area contributed by atoms with Gasteiger partial charge in [-0.3, -0.25) is 9.59 Å². The van der Waals surface area contributed by atoms with Crippen LogP contribution in [0.2, 0.25) is 0 Å². The van der Waals surface area contributed by atoms with Crippen LogP contribution in [0.1, 0.15) is 49.4 Å². The van der Waals surface area contributed by atoms with E-state index in [1.807, 2.05) is 6.92 Å². The summed E-state index contributed by atoms with van der Waals surface area (Å²) in [6, 6.07) is 5.88. The van der Waals surface area contributed by atoms with Crippen molar-refractivity contribution >= 4 is 21.9 Å². The molecule has 1 saturated heterocycles. The molecule has 2 fully saturated rings. The van der Waals surface area contributed by atoms with Gasteiger partial charge in [-0.15, -0.1) is 0 Å². The molecule has 8 heteroatoms. The third-order valence-corrected chi connectivity index (χ3v) is 7.35. The van der Waals surface area contributed by atoms with Gasteiger partial charge in [-0.05, 0) is 50.8 Å². The van der Waals surface area contributed by atoms with Gasteiger partial charge in [0.25, 0.3) is 5.91 Å². The summed E-state index contributed by atoms with van der Waals surface area (Å²) in [7, 11) is -3.65. The molecule has 1 unspecified atom stereocenters. The van der Waals surface area contributed by atoms with E-state index in [0.29, 0.717) is 19.4 Å². The van der Waals surface area contributed by atoms with Crippen molar-refractivity contribution < 1.29 is 23.1 Å². The molecule has 1 amide bonds. The lowest BCUT2D eigenvalue weighted by Crippen LogP contribution is -2.42. The zero-order valence-corrected chi connectivity index (χ0v) is 15.6. The Balaban J connectivity index is 1.75. The number of aliphatic carboxylic acids is 1. The molecule has 2 aliphatic rings. The molecule has 26 heavy (non-hydrogen) atoms. The fourth-order valence-electron chi connectivity index (χ4n) is 3.33. The van der Waals surface area contributed by atoms with Crippen molar-refractivity contribution in [3.8, 4) is 0 Å². The largest absolute Gasteiger partial charge is 0.481 e. The van der Waals surface area contributed by atoms with Gasteiger partial charge in [0.05, 0.1) is 10.3 Å². The third-order valence-electron chi connectivity index (χ3n) is 5.34. The van der Waals surface area contributed by atoms with E-state index in [1.54, 1.807) is 6.07 Å². The number of carbonyl (C=O) groups is 2. The quantitative estimate of drug-likeness (QED) is 0.784. The van der Waals surface area contributed by atoms with Gasteiger partial charge in [0.2, 0.25) is 10.0 Å². The summed E-state index contributed by atoms with van der Waals surface area (Å²) in [4.78, 5) is 23.6. The zero-order chi connectivity index (χ0) is 18.9. The Morgan fingerprint density at radius 2 is 2.04 bits per heavy atom. The lowest BCUT2D eigenvalue weighted by atomic mass is 10.1. The van der Waals surface area contributed by atoms with Gasteiger partial charge in [-0.1, -0.05) is 12.5 Å². The highest BCUT2D eigenvalue weighted by Crippen LogP contribution is 2.45. The number of nitrogens with one attached hydrogen (secondary N) is 1. The maximum absolute atomic E-state index is 12.9.